The maximum absolute atomic E-state index is 5.97. The smallest absolute Gasteiger partial charge is 0.151 e. The molecule has 0 aromatic heterocycles. The van der Waals surface area contributed by atoms with Crippen LogP contribution in [-0.4, -0.2) is 17.8 Å². The average Bonchev–Trinajstić information content (AvgIpc) is 2.36. The lowest BCUT2D eigenvalue weighted by atomic mass is 10.2. The summed E-state index contributed by atoms with van der Waals surface area (Å²) in [5.74, 6) is 0.758. The molecule has 0 saturated heterocycles. The second kappa shape index (κ2) is 6.64. The first-order valence-corrected chi connectivity index (χ1v) is 5.96. The van der Waals surface area contributed by atoms with E-state index >= 15 is 0 Å². The minimum Gasteiger partial charge on any atom is -0.396 e. The Hall–Kier alpha value is -2.03. The third-order valence-corrected chi connectivity index (χ3v) is 2.49. The zero-order chi connectivity index (χ0) is 13.5. The van der Waals surface area contributed by atoms with E-state index in [0.29, 0.717) is 5.70 Å². The van der Waals surface area contributed by atoms with Crippen LogP contribution < -0.4 is 5.73 Å². The summed E-state index contributed by atoms with van der Waals surface area (Å²) in [6.45, 7) is 8.33. The summed E-state index contributed by atoms with van der Waals surface area (Å²) in [5.41, 5.74) is 8.60. The number of hydrogen-bond acceptors (Lipinski definition) is 2. The number of nitrogens with two attached hydrogens (primary N) is 1. The molecule has 0 aliphatic rings. The van der Waals surface area contributed by atoms with Crippen LogP contribution in [0.3, 0.4) is 0 Å². The van der Waals surface area contributed by atoms with Gasteiger partial charge in [-0.2, -0.15) is 0 Å². The normalized spacial score (nSPS) is 12.4. The Morgan fingerprint density at radius 2 is 2.00 bits per heavy atom. The Morgan fingerprint density at radius 1 is 1.39 bits per heavy atom. The van der Waals surface area contributed by atoms with E-state index in [1.165, 1.54) is 5.56 Å². The molecule has 0 amide bonds. The fourth-order valence-corrected chi connectivity index (χ4v) is 1.61. The van der Waals surface area contributed by atoms with Gasteiger partial charge < -0.3 is 10.6 Å². The number of allylic oxidation sites excluding steroid dienone is 2. The SMILES string of the molecule is C=C(C)N=C(/C(N)=C\C)N(C)Cc1ccccc1. The zero-order valence-corrected chi connectivity index (χ0v) is 11.4. The van der Waals surface area contributed by atoms with Gasteiger partial charge in [-0.3, -0.25) is 0 Å². The topological polar surface area (TPSA) is 41.6 Å². The summed E-state index contributed by atoms with van der Waals surface area (Å²) in [4.78, 5) is 6.43. The van der Waals surface area contributed by atoms with Crippen molar-refractivity contribution in [3.63, 3.8) is 0 Å². The summed E-state index contributed by atoms with van der Waals surface area (Å²) in [6.07, 6.45) is 1.85. The maximum atomic E-state index is 5.97. The van der Waals surface area contributed by atoms with Crippen LogP contribution in [0.25, 0.3) is 0 Å². The van der Waals surface area contributed by atoms with Gasteiger partial charge in [-0.1, -0.05) is 43.0 Å². The highest BCUT2D eigenvalue weighted by atomic mass is 15.2. The Morgan fingerprint density at radius 3 is 2.50 bits per heavy atom. The summed E-state index contributed by atoms with van der Waals surface area (Å²) in [6, 6.07) is 10.2. The van der Waals surface area contributed by atoms with E-state index in [9.17, 15) is 0 Å². The molecule has 0 aliphatic heterocycles. The van der Waals surface area contributed by atoms with Crippen molar-refractivity contribution < 1.29 is 0 Å². The van der Waals surface area contributed by atoms with Crippen molar-refractivity contribution >= 4 is 5.84 Å². The molecule has 96 valence electrons. The first-order valence-electron chi connectivity index (χ1n) is 5.96. The number of benzene rings is 1. The largest absolute Gasteiger partial charge is 0.396 e. The van der Waals surface area contributed by atoms with Crippen LogP contribution in [0.4, 0.5) is 0 Å². The second-order valence-corrected chi connectivity index (χ2v) is 4.26. The van der Waals surface area contributed by atoms with Crippen LogP contribution in [0, 0.1) is 0 Å². The predicted molar refractivity (Wildman–Crippen MR) is 78.1 cm³/mol. The Balaban J connectivity index is 2.91. The first kappa shape index (κ1) is 14.0. The molecule has 2 N–H and O–H groups in total. The Labute approximate surface area is 109 Å². The van der Waals surface area contributed by atoms with E-state index in [0.717, 1.165) is 18.1 Å². The Kier molecular flexibility index (Phi) is 5.18. The van der Waals surface area contributed by atoms with Crippen LogP contribution in [-0.2, 0) is 6.54 Å². The van der Waals surface area contributed by atoms with Gasteiger partial charge in [0.25, 0.3) is 0 Å². The fourth-order valence-electron chi connectivity index (χ4n) is 1.61. The highest BCUT2D eigenvalue weighted by molar-refractivity contribution is 5.97. The van der Waals surface area contributed by atoms with E-state index < -0.39 is 0 Å². The predicted octanol–water partition coefficient (Wildman–Crippen LogP) is 2.91. The third kappa shape index (κ3) is 4.09. The Bertz CT molecular complexity index is 458. The van der Waals surface area contributed by atoms with Crippen LogP contribution in [0.15, 0.2) is 59.4 Å². The number of amidine groups is 1. The molecule has 1 aromatic rings. The molecule has 3 heteroatoms. The number of hydrogen-bond donors (Lipinski definition) is 1. The molecule has 3 nitrogen and oxygen atoms in total. The highest BCUT2D eigenvalue weighted by Crippen LogP contribution is 2.07. The molecule has 0 unspecified atom stereocenters. The number of likely N-dealkylation sites (N-methyl/N-ethyl adjacent to an activating group) is 1. The van der Waals surface area contributed by atoms with Crippen molar-refractivity contribution in [2.24, 2.45) is 10.7 Å². The van der Waals surface area contributed by atoms with Gasteiger partial charge in [-0.15, -0.1) is 0 Å². The molecule has 0 heterocycles. The second-order valence-electron chi connectivity index (χ2n) is 4.26. The van der Waals surface area contributed by atoms with Gasteiger partial charge in [0.2, 0.25) is 0 Å². The van der Waals surface area contributed by atoms with Gasteiger partial charge in [0.05, 0.1) is 5.70 Å². The first-order chi connectivity index (χ1) is 8.54. The summed E-state index contributed by atoms with van der Waals surface area (Å²) >= 11 is 0. The molecule has 0 saturated carbocycles. The van der Waals surface area contributed by atoms with E-state index in [2.05, 4.69) is 23.7 Å². The summed E-state index contributed by atoms with van der Waals surface area (Å²) in [7, 11) is 1.98. The molecule has 1 rings (SSSR count). The lowest BCUT2D eigenvalue weighted by Crippen LogP contribution is -2.31. The number of rotatable bonds is 4. The molecule has 18 heavy (non-hydrogen) atoms. The van der Waals surface area contributed by atoms with E-state index in [4.69, 9.17) is 5.73 Å². The molecule has 0 atom stereocenters. The van der Waals surface area contributed by atoms with Gasteiger partial charge in [-0.05, 0) is 19.4 Å². The van der Waals surface area contributed by atoms with Crippen molar-refractivity contribution in [2.45, 2.75) is 20.4 Å². The summed E-state index contributed by atoms with van der Waals surface area (Å²) in [5, 5.41) is 0. The van der Waals surface area contributed by atoms with Crippen molar-refractivity contribution in [3.05, 3.63) is 59.9 Å². The number of nitrogens with zero attached hydrogens (tertiary/aromatic N) is 2. The minimum atomic E-state index is 0.663. The lowest BCUT2D eigenvalue weighted by Gasteiger charge is -2.21. The fraction of sp³-hybridized carbons (Fsp3) is 0.267. The molecule has 0 spiro atoms. The molecule has 0 radical (unpaired) electrons. The number of aliphatic imine (C=N–C) groups is 1. The molecular weight excluding hydrogens is 222 g/mol. The third-order valence-electron chi connectivity index (χ3n) is 2.49. The molecule has 1 aromatic carbocycles. The van der Waals surface area contributed by atoms with Crippen LogP contribution in [0.5, 0.6) is 0 Å². The lowest BCUT2D eigenvalue weighted by molar-refractivity contribution is 0.499. The van der Waals surface area contributed by atoms with E-state index in [1.807, 2.05) is 50.1 Å². The molecular formula is C15H21N3. The quantitative estimate of drug-likeness (QED) is 0.652. The highest BCUT2D eigenvalue weighted by Gasteiger charge is 2.09. The van der Waals surface area contributed by atoms with Gasteiger partial charge in [0.1, 0.15) is 0 Å². The van der Waals surface area contributed by atoms with Crippen molar-refractivity contribution in [2.75, 3.05) is 7.05 Å². The van der Waals surface area contributed by atoms with Crippen LogP contribution in [0.1, 0.15) is 19.4 Å². The van der Waals surface area contributed by atoms with E-state index in [1.54, 1.807) is 0 Å². The van der Waals surface area contributed by atoms with Gasteiger partial charge in [0.15, 0.2) is 5.84 Å². The van der Waals surface area contributed by atoms with Gasteiger partial charge >= 0.3 is 0 Å². The molecule has 0 bridgehead atoms. The van der Waals surface area contributed by atoms with Gasteiger partial charge in [-0.25, -0.2) is 4.99 Å². The molecule has 0 aliphatic carbocycles. The average molecular weight is 243 g/mol. The van der Waals surface area contributed by atoms with E-state index in [-0.39, 0.29) is 0 Å². The maximum Gasteiger partial charge on any atom is 0.151 e. The van der Waals surface area contributed by atoms with Crippen LogP contribution >= 0.6 is 0 Å². The van der Waals surface area contributed by atoms with Gasteiger partial charge in [0, 0.05) is 19.3 Å². The minimum absolute atomic E-state index is 0.663. The summed E-state index contributed by atoms with van der Waals surface area (Å²) < 4.78 is 0. The van der Waals surface area contributed by atoms with Crippen molar-refractivity contribution in [3.8, 4) is 0 Å². The monoisotopic (exact) mass is 243 g/mol. The van der Waals surface area contributed by atoms with Crippen molar-refractivity contribution in [1.82, 2.24) is 4.90 Å². The van der Waals surface area contributed by atoms with Crippen LogP contribution in [0.2, 0.25) is 0 Å². The molecule has 0 fully saturated rings. The zero-order valence-electron chi connectivity index (χ0n) is 11.4. The van der Waals surface area contributed by atoms with Crippen molar-refractivity contribution in [1.29, 1.82) is 0 Å². The standard InChI is InChI=1S/C15H21N3/c1-5-14(16)15(17-12(2)3)18(4)11-13-9-7-6-8-10-13/h5-10H,2,11,16H2,1,3-4H3/b14-5+,17-15?.